The Morgan fingerprint density at radius 3 is 2.70 bits per heavy atom. The predicted molar refractivity (Wildman–Crippen MR) is 121 cm³/mol. The average Bonchev–Trinajstić information content (AvgIpc) is 3.19. The van der Waals surface area contributed by atoms with Crippen LogP contribution in [0.3, 0.4) is 0 Å². The fraction of sp³-hybridized carbons (Fsp3) is 0.182. The second-order valence-electron chi connectivity index (χ2n) is 6.91. The number of nitrogens with zero attached hydrogens (tertiary/aromatic N) is 3. The molecule has 0 saturated carbocycles. The number of hydrogen-bond acceptors (Lipinski definition) is 5. The second-order valence-corrected chi connectivity index (χ2v) is 8.37. The van der Waals surface area contributed by atoms with E-state index in [1.165, 1.54) is 16.0 Å². The average molecular weight is 439 g/mol. The van der Waals surface area contributed by atoms with Crippen molar-refractivity contribution in [3.8, 4) is 10.4 Å². The van der Waals surface area contributed by atoms with E-state index in [1.54, 1.807) is 12.1 Å². The van der Waals surface area contributed by atoms with Crippen molar-refractivity contribution in [1.82, 2.24) is 15.0 Å². The Kier molecular flexibility index (Phi) is 5.65. The maximum atomic E-state index is 13.1. The summed E-state index contributed by atoms with van der Waals surface area (Å²) >= 11 is 7.45. The van der Waals surface area contributed by atoms with Gasteiger partial charge in [-0.05, 0) is 42.7 Å². The minimum atomic E-state index is -0.784. The lowest BCUT2D eigenvalue weighted by molar-refractivity contribution is -0.119. The van der Waals surface area contributed by atoms with Gasteiger partial charge in [0.05, 0.1) is 5.39 Å². The summed E-state index contributed by atoms with van der Waals surface area (Å²) in [5, 5.41) is 12.1. The molecule has 6 nitrogen and oxygen atoms in total. The number of fused-ring (bicyclic) bond motifs is 1. The number of halogens is 1. The molecule has 0 bridgehead atoms. The van der Waals surface area contributed by atoms with E-state index in [0.717, 1.165) is 16.0 Å². The van der Waals surface area contributed by atoms with Crippen molar-refractivity contribution in [2.75, 3.05) is 5.32 Å². The van der Waals surface area contributed by atoms with Gasteiger partial charge in [-0.25, -0.2) is 0 Å². The summed E-state index contributed by atoms with van der Waals surface area (Å²) in [5.41, 5.74) is 2.16. The van der Waals surface area contributed by atoms with Crippen molar-refractivity contribution in [3.05, 3.63) is 75.5 Å². The number of anilines is 1. The zero-order valence-electron chi connectivity index (χ0n) is 16.4. The number of aryl methyl sites for hydroxylation is 1. The first-order valence-corrected chi connectivity index (χ1v) is 10.7. The van der Waals surface area contributed by atoms with Crippen LogP contribution in [0.1, 0.15) is 24.9 Å². The van der Waals surface area contributed by atoms with Crippen LogP contribution < -0.4 is 10.9 Å². The molecule has 0 spiro atoms. The van der Waals surface area contributed by atoms with E-state index in [-0.39, 0.29) is 11.5 Å². The molecule has 8 heteroatoms. The first-order chi connectivity index (χ1) is 14.5. The van der Waals surface area contributed by atoms with Crippen LogP contribution >= 0.6 is 22.9 Å². The smallest absolute Gasteiger partial charge is 0.279 e. The quantitative estimate of drug-likeness (QED) is 0.471. The number of hydrogen-bond donors (Lipinski definition) is 1. The number of thiophene rings is 1. The summed E-state index contributed by atoms with van der Waals surface area (Å²) in [7, 11) is 0. The lowest BCUT2D eigenvalue weighted by Crippen LogP contribution is -2.35. The molecule has 1 N–H and O–H groups in total. The molecule has 152 valence electrons. The van der Waals surface area contributed by atoms with Crippen LogP contribution in [0.5, 0.6) is 0 Å². The molecule has 4 aromatic rings. The van der Waals surface area contributed by atoms with Gasteiger partial charge in [0.25, 0.3) is 5.56 Å². The Morgan fingerprint density at radius 1 is 1.20 bits per heavy atom. The van der Waals surface area contributed by atoms with Crippen LogP contribution in [0, 0.1) is 6.92 Å². The molecule has 2 aromatic carbocycles. The molecule has 2 aromatic heterocycles. The van der Waals surface area contributed by atoms with Gasteiger partial charge in [-0.2, -0.15) is 4.68 Å². The maximum Gasteiger partial charge on any atom is 0.279 e. The highest BCUT2D eigenvalue weighted by Crippen LogP contribution is 2.30. The van der Waals surface area contributed by atoms with Crippen LogP contribution in [0.25, 0.3) is 20.7 Å². The molecule has 1 unspecified atom stereocenters. The van der Waals surface area contributed by atoms with Crippen molar-refractivity contribution in [1.29, 1.82) is 0 Å². The molecule has 0 aliphatic rings. The third-order valence-corrected chi connectivity index (χ3v) is 6.19. The fourth-order valence-corrected chi connectivity index (χ4v) is 4.37. The van der Waals surface area contributed by atoms with Gasteiger partial charge >= 0.3 is 0 Å². The molecular weight excluding hydrogens is 420 g/mol. The van der Waals surface area contributed by atoms with Crippen molar-refractivity contribution in [2.24, 2.45) is 0 Å². The van der Waals surface area contributed by atoms with Crippen molar-refractivity contribution < 1.29 is 4.79 Å². The summed E-state index contributed by atoms with van der Waals surface area (Å²) in [4.78, 5) is 27.5. The van der Waals surface area contributed by atoms with Gasteiger partial charge < -0.3 is 5.32 Å². The van der Waals surface area contributed by atoms with E-state index in [1.807, 2.05) is 56.3 Å². The van der Waals surface area contributed by atoms with Gasteiger partial charge in [0, 0.05) is 15.6 Å². The zero-order chi connectivity index (χ0) is 21.3. The zero-order valence-corrected chi connectivity index (χ0v) is 18.0. The first-order valence-electron chi connectivity index (χ1n) is 9.49. The molecule has 30 heavy (non-hydrogen) atoms. The summed E-state index contributed by atoms with van der Waals surface area (Å²) in [5.74, 6) is -0.336. The highest BCUT2D eigenvalue weighted by Gasteiger charge is 2.24. The largest absolute Gasteiger partial charge is 0.324 e. The number of amides is 1. The molecular formula is C22H19ClN4O2S. The van der Waals surface area contributed by atoms with Crippen molar-refractivity contribution >= 4 is 44.7 Å². The normalized spacial score (nSPS) is 12.1. The maximum absolute atomic E-state index is 13.1. The predicted octanol–water partition coefficient (Wildman–Crippen LogP) is 5.07. The van der Waals surface area contributed by atoms with Gasteiger partial charge in [-0.3, -0.25) is 9.59 Å². The minimum Gasteiger partial charge on any atom is -0.324 e. The van der Waals surface area contributed by atoms with E-state index >= 15 is 0 Å². The molecule has 0 radical (unpaired) electrons. The number of carbonyl (C=O) groups is 1. The molecule has 0 aliphatic heterocycles. The number of rotatable bonds is 5. The van der Waals surface area contributed by atoms with Gasteiger partial charge in [0.2, 0.25) is 5.91 Å². The highest BCUT2D eigenvalue weighted by molar-refractivity contribution is 7.21. The highest BCUT2D eigenvalue weighted by atomic mass is 35.5. The van der Waals surface area contributed by atoms with E-state index in [0.29, 0.717) is 27.3 Å². The summed E-state index contributed by atoms with van der Waals surface area (Å²) in [6, 6.07) is 16.1. The van der Waals surface area contributed by atoms with E-state index < -0.39 is 6.04 Å². The number of carbonyl (C=O) groups excluding carboxylic acids is 1. The summed E-state index contributed by atoms with van der Waals surface area (Å²) in [6.45, 7) is 3.71. The molecule has 0 fully saturated rings. The summed E-state index contributed by atoms with van der Waals surface area (Å²) in [6.07, 6.45) is 0.390. The summed E-state index contributed by atoms with van der Waals surface area (Å²) < 4.78 is 1.17. The third-order valence-electron chi connectivity index (χ3n) is 4.88. The topological polar surface area (TPSA) is 76.9 Å². The Labute approximate surface area is 182 Å². The molecule has 0 aliphatic carbocycles. The monoisotopic (exact) mass is 438 g/mol. The number of nitrogens with one attached hydrogen (secondary N) is 1. The molecule has 0 saturated heterocycles. The standard InChI is InChI=1S/C22H19ClN4O2S/c1-3-18(20(28)24-17-11-15(23)10-9-13(17)2)27-22(29)16-12-19(30-21(16)25-26-27)14-7-5-4-6-8-14/h4-12,18H,3H2,1-2H3,(H,24,28). The number of benzene rings is 2. The Morgan fingerprint density at radius 2 is 1.97 bits per heavy atom. The fourth-order valence-electron chi connectivity index (χ4n) is 3.22. The minimum absolute atomic E-state index is 0.330. The van der Waals surface area contributed by atoms with Crippen LogP contribution in [0.4, 0.5) is 5.69 Å². The van der Waals surface area contributed by atoms with E-state index in [4.69, 9.17) is 11.6 Å². The Balaban J connectivity index is 1.70. The van der Waals surface area contributed by atoms with Gasteiger partial charge in [0.15, 0.2) is 4.83 Å². The van der Waals surface area contributed by atoms with Gasteiger partial charge in [-0.1, -0.05) is 60.1 Å². The first kappa shape index (κ1) is 20.3. The van der Waals surface area contributed by atoms with Crippen molar-refractivity contribution in [3.63, 3.8) is 0 Å². The lowest BCUT2D eigenvalue weighted by atomic mass is 10.1. The molecule has 1 amide bonds. The van der Waals surface area contributed by atoms with Crippen LogP contribution in [0.2, 0.25) is 5.02 Å². The van der Waals surface area contributed by atoms with Gasteiger partial charge in [0.1, 0.15) is 6.04 Å². The van der Waals surface area contributed by atoms with Crippen molar-refractivity contribution in [2.45, 2.75) is 26.3 Å². The van der Waals surface area contributed by atoms with E-state index in [9.17, 15) is 9.59 Å². The van der Waals surface area contributed by atoms with E-state index in [2.05, 4.69) is 15.6 Å². The molecule has 4 rings (SSSR count). The number of aromatic nitrogens is 3. The third kappa shape index (κ3) is 3.86. The van der Waals surface area contributed by atoms with Gasteiger partial charge in [-0.15, -0.1) is 16.4 Å². The molecule has 2 heterocycles. The Hall–Kier alpha value is -3.03. The second kappa shape index (κ2) is 8.38. The van der Waals surface area contributed by atoms with Crippen LogP contribution in [0.15, 0.2) is 59.4 Å². The molecule has 1 atom stereocenters. The Bertz CT molecular complexity index is 1280. The van der Waals surface area contributed by atoms with Crippen LogP contribution in [-0.4, -0.2) is 20.9 Å². The van der Waals surface area contributed by atoms with Crippen LogP contribution in [-0.2, 0) is 4.79 Å². The lowest BCUT2D eigenvalue weighted by Gasteiger charge is -2.17. The SMILES string of the molecule is CCC(C(=O)Nc1cc(Cl)ccc1C)n1nnc2sc(-c3ccccc3)cc2c1=O.